The third kappa shape index (κ3) is 3.99. The van der Waals surface area contributed by atoms with E-state index in [-0.39, 0.29) is 0 Å². The number of nitrogens with one attached hydrogen (secondary N) is 2. The van der Waals surface area contributed by atoms with Crippen LogP contribution in [0, 0.1) is 0 Å². The first-order chi connectivity index (χ1) is 9.80. The van der Waals surface area contributed by atoms with Gasteiger partial charge in [-0.25, -0.2) is 0 Å². The summed E-state index contributed by atoms with van der Waals surface area (Å²) in [6.07, 6.45) is 6.29. The van der Waals surface area contributed by atoms with E-state index in [1.807, 2.05) is 7.05 Å². The van der Waals surface area contributed by atoms with Crippen LogP contribution in [0.3, 0.4) is 0 Å². The number of rotatable bonds is 7. The van der Waals surface area contributed by atoms with E-state index < -0.39 is 0 Å². The van der Waals surface area contributed by atoms with Gasteiger partial charge in [0.25, 0.3) is 0 Å². The largest absolute Gasteiger partial charge is 0.356 e. The topological polar surface area (TPSA) is 36.4 Å². The summed E-state index contributed by atoms with van der Waals surface area (Å²) in [4.78, 5) is 4.30. The van der Waals surface area contributed by atoms with E-state index in [0.717, 1.165) is 19.0 Å². The van der Waals surface area contributed by atoms with Crippen molar-refractivity contribution in [2.45, 2.75) is 44.4 Å². The summed E-state index contributed by atoms with van der Waals surface area (Å²) in [5.74, 6) is 0.934. The van der Waals surface area contributed by atoms with Crippen LogP contribution in [0.25, 0.3) is 0 Å². The molecular formula is C17H27N3. The number of unbranched alkanes of at least 4 members (excludes halogenated alkanes) is 2. The van der Waals surface area contributed by atoms with E-state index in [1.54, 1.807) is 0 Å². The molecule has 110 valence electrons. The van der Waals surface area contributed by atoms with Gasteiger partial charge in [0, 0.05) is 25.6 Å². The fraction of sp³-hybridized carbons (Fsp3) is 0.588. The molecule has 1 saturated carbocycles. The number of aliphatic imine (C=N–C) groups is 1. The van der Waals surface area contributed by atoms with Gasteiger partial charge in [0.1, 0.15) is 0 Å². The lowest BCUT2D eigenvalue weighted by Gasteiger charge is -2.19. The van der Waals surface area contributed by atoms with Crippen LogP contribution in [-0.4, -0.2) is 26.1 Å². The smallest absolute Gasteiger partial charge is 0.191 e. The van der Waals surface area contributed by atoms with Crippen molar-refractivity contribution in [2.75, 3.05) is 20.1 Å². The van der Waals surface area contributed by atoms with E-state index in [9.17, 15) is 0 Å². The molecule has 2 rings (SSSR count). The average Bonchev–Trinajstić information content (AvgIpc) is 3.29. The zero-order chi connectivity index (χ0) is 14.3. The minimum Gasteiger partial charge on any atom is -0.356 e. The van der Waals surface area contributed by atoms with Gasteiger partial charge in [-0.2, -0.15) is 0 Å². The molecule has 1 aromatic carbocycles. The maximum absolute atomic E-state index is 4.30. The Kier molecular flexibility index (Phi) is 5.45. The first-order valence-corrected chi connectivity index (χ1v) is 7.81. The van der Waals surface area contributed by atoms with Crippen LogP contribution in [0.5, 0.6) is 0 Å². The number of nitrogens with zero attached hydrogens (tertiary/aromatic N) is 1. The third-order valence-electron chi connectivity index (χ3n) is 4.13. The standard InChI is InChI=1S/C17H27N3/c1-3-4-8-13-19-16(18-2)20-14-17(11-12-17)15-9-6-5-7-10-15/h5-7,9-10H,3-4,8,11-14H2,1-2H3,(H2,18,19,20). The molecule has 1 aliphatic rings. The number of hydrogen-bond acceptors (Lipinski definition) is 1. The fourth-order valence-electron chi connectivity index (χ4n) is 2.57. The lowest BCUT2D eigenvalue weighted by molar-refractivity contribution is 0.635. The summed E-state index contributed by atoms with van der Waals surface area (Å²) in [5, 5.41) is 6.88. The normalized spacial score (nSPS) is 16.8. The predicted octanol–water partition coefficient (Wildman–Crippen LogP) is 3.07. The molecule has 20 heavy (non-hydrogen) atoms. The Bertz CT molecular complexity index is 421. The first-order valence-electron chi connectivity index (χ1n) is 7.81. The van der Waals surface area contributed by atoms with Crippen LogP contribution in [0.1, 0.15) is 44.6 Å². The van der Waals surface area contributed by atoms with Gasteiger partial charge in [0.15, 0.2) is 5.96 Å². The van der Waals surface area contributed by atoms with E-state index in [1.165, 1.54) is 37.7 Å². The minimum absolute atomic E-state index is 0.336. The lowest BCUT2D eigenvalue weighted by atomic mass is 9.96. The molecule has 0 heterocycles. The maximum atomic E-state index is 4.30. The van der Waals surface area contributed by atoms with Gasteiger partial charge >= 0.3 is 0 Å². The summed E-state index contributed by atoms with van der Waals surface area (Å²) in [6, 6.07) is 10.8. The Morgan fingerprint density at radius 2 is 1.90 bits per heavy atom. The molecule has 0 aromatic heterocycles. The molecule has 0 aliphatic heterocycles. The zero-order valence-corrected chi connectivity index (χ0v) is 12.8. The van der Waals surface area contributed by atoms with Gasteiger partial charge in [0.2, 0.25) is 0 Å². The van der Waals surface area contributed by atoms with Crippen molar-refractivity contribution >= 4 is 5.96 Å². The number of benzene rings is 1. The summed E-state index contributed by atoms with van der Waals surface area (Å²) in [6.45, 7) is 4.21. The molecule has 1 aromatic rings. The molecule has 0 bridgehead atoms. The Balaban J connectivity index is 1.79. The second-order valence-electron chi connectivity index (χ2n) is 5.71. The van der Waals surface area contributed by atoms with Crippen LogP contribution in [-0.2, 0) is 5.41 Å². The Morgan fingerprint density at radius 1 is 1.15 bits per heavy atom. The predicted molar refractivity (Wildman–Crippen MR) is 86.2 cm³/mol. The van der Waals surface area contributed by atoms with Gasteiger partial charge in [-0.3, -0.25) is 4.99 Å². The number of hydrogen-bond donors (Lipinski definition) is 2. The van der Waals surface area contributed by atoms with Crippen LogP contribution in [0.2, 0.25) is 0 Å². The van der Waals surface area contributed by atoms with Crippen molar-refractivity contribution in [2.24, 2.45) is 4.99 Å². The monoisotopic (exact) mass is 273 g/mol. The second kappa shape index (κ2) is 7.32. The third-order valence-corrected chi connectivity index (χ3v) is 4.13. The summed E-state index contributed by atoms with van der Waals surface area (Å²) in [7, 11) is 1.84. The van der Waals surface area contributed by atoms with Gasteiger partial charge in [-0.05, 0) is 24.8 Å². The van der Waals surface area contributed by atoms with Crippen molar-refractivity contribution < 1.29 is 0 Å². The van der Waals surface area contributed by atoms with Crippen LogP contribution < -0.4 is 10.6 Å². The number of guanidine groups is 1. The molecule has 0 saturated heterocycles. The minimum atomic E-state index is 0.336. The lowest BCUT2D eigenvalue weighted by Crippen LogP contribution is -2.41. The first kappa shape index (κ1) is 14.9. The Hall–Kier alpha value is -1.51. The summed E-state index contributed by atoms with van der Waals surface area (Å²) >= 11 is 0. The van der Waals surface area contributed by atoms with E-state index in [2.05, 4.69) is 52.9 Å². The summed E-state index contributed by atoms with van der Waals surface area (Å²) in [5.41, 5.74) is 1.79. The molecule has 0 spiro atoms. The van der Waals surface area contributed by atoms with E-state index in [0.29, 0.717) is 5.41 Å². The molecule has 1 aliphatic carbocycles. The van der Waals surface area contributed by atoms with E-state index >= 15 is 0 Å². The molecule has 0 amide bonds. The van der Waals surface area contributed by atoms with Gasteiger partial charge < -0.3 is 10.6 Å². The molecule has 0 unspecified atom stereocenters. The molecular weight excluding hydrogens is 246 g/mol. The van der Waals surface area contributed by atoms with Crippen LogP contribution in [0.15, 0.2) is 35.3 Å². The highest BCUT2D eigenvalue weighted by Crippen LogP contribution is 2.47. The van der Waals surface area contributed by atoms with Gasteiger partial charge in [-0.1, -0.05) is 50.1 Å². The van der Waals surface area contributed by atoms with Crippen molar-refractivity contribution in [3.8, 4) is 0 Å². The molecule has 0 radical (unpaired) electrons. The fourth-order valence-corrected chi connectivity index (χ4v) is 2.57. The van der Waals surface area contributed by atoms with Crippen molar-refractivity contribution in [3.05, 3.63) is 35.9 Å². The molecule has 3 heteroatoms. The molecule has 0 atom stereocenters. The highest BCUT2D eigenvalue weighted by Gasteiger charge is 2.43. The molecule has 1 fully saturated rings. The maximum Gasteiger partial charge on any atom is 0.191 e. The highest BCUT2D eigenvalue weighted by molar-refractivity contribution is 5.79. The Labute approximate surface area is 122 Å². The van der Waals surface area contributed by atoms with Crippen LogP contribution >= 0.6 is 0 Å². The van der Waals surface area contributed by atoms with Crippen molar-refractivity contribution in [1.82, 2.24) is 10.6 Å². The SMILES string of the molecule is CCCCCNC(=NC)NCC1(c2ccccc2)CC1. The molecule has 2 N–H and O–H groups in total. The van der Waals surface area contributed by atoms with Crippen LogP contribution in [0.4, 0.5) is 0 Å². The van der Waals surface area contributed by atoms with Gasteiger partial charge in [0.05, 0.1) is 0 Å². The van der Waals surface area contributed by atoms with E-state index in [4.69, 9.17) is 0 Å². The van der Waals surface area contributed by atoms with Gasteiger partial charge in [-0.15, -0.1) is 0 Å². The second-order valence-corrected chi connectivity index (χ2v) is 5.71. The van der Waals surface area contributed by atoms with Crippen molar-refractivity contribution in [1.29, 1.82) is 0 Å². The quantitative estimate of drug-likeness (QED) is 0.455. The highest BCUT2D eigenvalue weighted by atomic mass is 15.2. The molecule has 3 nitrogen and oxygen atoms in total. The zero-order valence-electron chi connectivity index (χ0n) is 12.8. The Morgan fingerprint density at radius 3 is 2.50 bits per heavy atom. The average molecular weight is 273 g/mol. The summed E-state index contributed by atoms with van der Waals surface area (Å²) < 4.78 is 0. The van der Waals surface area contributed by atoms with Crippen molar-refractivity contribution in [3.63, 3.8) is 0 Å².